The van der Waals surface area contributed by atoms with Crippen LogP contribution in [0.15, 0.2) is 46.6 Å². The minimum Gasteiger partial charge on any atom is -0.411 e. The van der Waals surface area contributed by atoms with Crippen molar-refractivity contribution >= 4 is 11.5 Å². The minimum absolute atomic E-state index is 0.108. The third-order valence-electron chi connectivity index (χ3n) is 13.3. The Morgan fingerprint density at radius 1 is 1.12 bits per heavy atom. The van der Waals surface area contributed by atoms with E-state index in [9.17, 15) is 10.0 Å². The van der Waals surface area contributed by atoms with Gasteiger partial charge < -0.3 is 9.94 Å². The van der Waals surface area contributed by atoms with Gasteiger partial charge in [0.15, 0.2) is 5.78 Å². The zero-order chi connectivity index (χ0) is 28.5. The average Bonchev–Trinajstić information content (AvgIpc) is 3.43. The molecular weight excluding hydrogens is 508 g/mol. The van der Waals surface area contributed by atoms with Crippen molar-refractivity contribution in [2.45, 2.75) is 110 Å². The molecule has 0 bridgehead atoms. The van der Waals surface area contributed by atoms with Crippen LogP contribution >= 0.6 is 0 Å². The van der Waals surface area contributed by atoms with Crippen LogP contribution in [0.2, 0.25) is 0 Å². The number of ketones is 1. The first-order chi connectivity index (χ1) is 19.7. The molecule has 1 N–H and O–H groups in total. The number of nitrogens with zero attached hydrogens (tertiary/aromatic N) is 2. The van der Waals surface area contributed by atoms with Crippen molar-refractivity contribution in [2.24, 2.45) is 46.1 Å². The van der Waals surface area contributed by atoms with E-state index in [0.717, 1.165) is 61.8 Å². The Morgan fingerprint density at radius 2 is 1.93 bits per heavy atom. The molecule has 2 heterocycles. The normalized spacial score (nSPS) is 45.2. The zero-order valence-corrected chi connectivity index (χ0v) is 25.6. The molecule has 7 rings (SSSR count). The Labute approximate surface area is 246 Å². The standard InChI is InChI=1S/C36H50N2O3/c1-22-16-33-34(38(20-22)21-32(39)25-8-6-5-7-9-25)24(3)36(41-33)15-13-28-29-11-10-26-17-27(37-40)12-14-35(26,4)31(29)18-30(28)23(2)19-36/h5-9,22,24,26,28-29,31,33-34,40H,10-21H2,1-4H3/t22-,24+,26+,28-,29-,31-,33+,34-,35-,36-/m0/s1. The van der Waals surface area contributed by atoms with E-state index >= 15 is 0 Å². The van der Waals surface area contributed by atoms with Crippen LogP contribution in [0.25, 0.3) is 0 Å². The quantitative estimate of drug-likeness (QED) is 0.180. The maximum atomic E-state index is 13.3. The van der Waals surface area contributed by atoms with E-state index in [4.69, 9.17) is 4.74 Å². The number of hydrogen-bond donors (Lipinski definition) is 1. The summed E-state index contributed by atoms with van der Waals surface area (Å²) in [5.41, 5.74) is 5.50. The molecule has 3 saturated carbocycles. The maximum Gasteiger partial charge on any atom is 0.176 e. The second-order valence-electron chi connectivity index (χ2n) is 15.3. The average molecular weight is 559 g/mol. The molecule has 1 spiro atoms. The van der Waals surface area contributed by atoms with Crippen LogP contribution in [0.4, 0.5) is 0 Å². The zero-order valence-electron chi connectivity index (χ0n) is 25.6. The van der Waals surface area contributed by atoms with Gasteiger partial charge in [0.2, 0.25) is 0 Å². The number of allylic oxidation sites excluding steroid dienone is 1. The van der Waals surface area contributed by atoms with Gasteiger partial charge >= 0.3 is 0 Å². The van der Waals surface area contributed by atoms with E-state index in [1.165, 1.54) is 32.1 Å². The van der Waals surface area contributed by atoms with Gasteiger partial charge in [-0.05, 0) is 106 Å². The van der Waals surface area contributed by atoms with E-state index in [2.05, 4.69) is 37.8 Å². The molecule has 0 amide bonds. The molecule has 1 aromatic carbocycles. The molecule has 222 valence electrons. The number of likely N-dealkylation sites (tertiary alicyclic amines) is 1. The molecule has 10 atom stereocenters. The van der Waals surface area contributed by atoms with E-state index in [0.29, 0.717) is 41.7 Å². The summed E-state index contributed by atoms with van der Waals surface area (Å²) in [6, 6.07) is 10.1. The van der Waals surface area contributed by atoms with Gasteiger partial charge in [0.05, 0.1) is 24.0 Å². The molecule has 6 aliphatic rings. The minimum atomic E-state index is -0.108. The lowest BCUT2D eigenvalue weighted by molar-refractivity contribution is -0.0797. The monoisotopic (exact) mass is 558 g/mol. The first kappa shape index (κ1) is 27.8. The van der Waals surface area contributed by atoms with Crippen LogP contribution < -0.4 is 0 Å². The summed E-state index contributed by atoms with van der Waals surface area (Å²) in [7, 11) is 0. The number of carbonyl (C=O) groups is 1. The Bertz CT molecular complexity index is 1240. The fraction of sp³-hybridized carbons (Fsp3) is 0.722. The molecule has 2 aliphatic heterocycles. The van der Waals surface area contributed by atoms with Gasteiger partial charge in [-0.1, -0.05) is 67.4 Å². The van der Waals surface area contributed by atoms with Crippen LogP contribution in [-0.4, -0.2) is 52.4 Å². The van der Waals surface area contributed by atoms with Crippen molar-refractivity contribution in [1.82, 2.24) is 4.90 Å². The number of oxime groups is 1. The highest BCUT2D eigenvalue weighted by atomic mass is 16.5. The number of fused-ring (bicyclic) bond motifs is 6. The van der Waals surface area contributed by atoms with Crippen molar-refractivity contribution in [2.75, 3.05) is 13.1 Å². The lowest BCUT2D eigenvalue weighted by Gasteiger charge is -2.52. The van der Waals surface area contributed by atoms with Gasteiger partial charge in [-0.15, -0.1) is 0 Å². The summed E-state index contributed by atoms with van der Waals surface area (Å²) in [4.78, 5) is 15.8. The molecule has 0 unspecified atom stereocenters. The number of rotatable bonds is 3. The highest BCUT2D eigenvalue weighted by molar-refractivity contribution is 5.97. The van der Waals surface area contributed by atoms with Gasteiger partial charge in [0.25, 0.3) is 0 Å². The summed E-state index contributed by atoms with van der Waals surface area (Å²) in [6.45, 7) is 11.3. The first-order valence-corrected chi connectivity index (χ1v) is 16.6. The largest absolute Gasteiger partial charge is 0.411 e. The van der Waals surface area contributed by atoms with Gasteiger partial charge in [0.1, 0.15) is 0 Å². The van der Waals surface area contributed by atoms with E-state index in [-0.39, 0.29) is 17.5 Å². The topological polar surface area (TPSA) is 62.1 Å². The Morgan fingerprint density at radius 3 is 2.71 bits per heavy atom. The third kappa shape index (κ3) is 4.47. The molecule has 0 radical (unpaired) electrons. The number of benzene rings is 1. The molecule has 41 heavy (non-hydrogen) atoms. The fourth-order valence-corrected chi connectivity index (χ4v) is 11.2. The number of hydrogen-bond acceptors (Lipinski definition) is 5. The number of Topliss-reactive ketones (excluding diaryl/α,β-unsaturated/α-hetero) is 1. The SMILES string of the molecule is CC1=C2C[C@H]3[C@@H](CC[C@@H]4CC(=NO)CC[C@@]43C)[C@@H]2CC[C@@]2(C1)O[C@@H]1C[C@H](C)CN(CC(=O)c3ccccc3)[C@H]1[C@H]2C. The molecular formula is C36H50N2O3. The number of piperidine rings is 1. The molecule has 5 nitrogen and oxygen atoms in total. The second kappa shape index (κ2) is 10.3. The summed E-state index contributed by atoms with van der Waals surface area (Å²) >= 11 is 0. The van der Waals surface area contributed by atoms with Crippen LogP contribution in [-0.2, 0) is 4.74 Å². The van der Waals surface area contributed by atoms with E-state index in [1.54, 1.807) is 11.1 Å². The first-order valence-electron chi connectivity index (χ1n) is 16.6. The molecule has 1 aromatic rings. The Kier molecular flexibility index (Phi) is 7.01. The number of carbonyl (C=O) groups excluding carboxylic acids is 1. The van der Waals surface area contributed by atoms with Gasteiger partial charge in [-0.3, -0.25) is 9.69 Å². The molecule has 0 aromatic heterocycles. The molecule has 4 aliphatic carbocycles. The maximum absolute atomic E-state index is 13.3. The van der Waals surface area contributed by atoms with Gasteiger partial charge in [0, 0.05) is 24.1 Å². The van der Waals surface area contributed by atoms with Crippen molar-refractivity contribution in [3.05, 3.63) is 47.0 Å². The predicted octanol–water partition coefficient (Wildman–Crippen LogP) is 7.54. The summed E-state index contributed by atoms with van der Waals surface area (Å²) in [5, 5.41) is 13.1. The van der Waals surface area contributed by atoms with Crippen molar-refractivity contribution in [3.63, 3.8) is 0 Å². The van der Waals surface area contributed by atoms with Crippen LogP contribution in [0.1, 0.15) is 102 Å². The number of ether oxygens (including phenoxy) is 1. The second-order valence-corrected chi connectivity index (χ2v) is 15.3. The van der Waals surface area contributed by atoms with Gasteiger partial charge in [-0.25, -0.2) is 0 Å². The smallest absolute Gasteiger partial charge is 0.176 e. The van der Waals surface area contributed by atoms with Crippen LogP contribution in [0.3, 0.4) is 0 Å². The van der Waals surface area contributed by atoms with Crippen LogP contribution in [0.5, 0.6) is 0 Å². The van der Waals surface area contributed by atoms with Crippen molar-refractivity contribution < 1.29 is 14.7 Å². The third-order valence-corrected chi connectivity index (χ3v) is 13.3. The van der Waals surface area contributed by atoms with Crippen molar-refractivity contribution in [3.8, 4) is 0 Å². The van der Waals surface area contributed by atoms with E-state index < -0.39 is 0 Å². The Balaban J connectivity index is 1.12. The summed E-state index contributed by atoms with van der Waals surface area (Å²) in [6.07, 6.45) is 11.8. The van der Waals surface area contributed by atoms with Gasteiger partial charge in [-0.2, -0.15) is 0 Å². The highest BCUT2D eigenvalue weighted by Gasteiger charge is 2.60. The highest BCUT2D eigenvalue weighted by Crippen LogP contribution is 2.65. The lowest BCUT2D eigenvalue weighted by atomic mass is 9.52. The lowest BCUT2D eigenvalue weighted by Crippen LogP contribution is -2.53. The molecule has 5 fully saturated rings. The Hall–Kier alpha value is -1.98. The van der Waals surface area contributed by atoms with Crippen LogP contribution in [0, 0.1) is 40.9 Å². The summed E-state index contributed by atoms with van der Waals surface area (Å²) in [5.74, 6) is 4.13. The summed E-state index contributed by atoms with van der Waals surface area (Å²) < 4.78 is 7.25. The van der Waals surface area contributed by atoms with E-state index in [1.807, 2.05) is 30.3 Å². The molecule has 5 heteroatoms. The predicted molar refractivity (Wildman–Crippen MR) is 162 cm³/mol. The van der Waals surface area contributed by atoms with Crippen molar-refractivity contribution in [1.29, 1.82) is 0 Å². The molecule has 2 saturated heterocycles. The fourth-order valence-electron chi connectivity index (χ4n) is 11.2.